The van der Waals surface area contributed by atoms with Gasteiger partial charge in [-0.25, -0.2) is 12.1 Å². The van der Waals surface area contributed by atoms with Crippen LogP contribution in [-0.4, -0.2) is 16.3 Å². The number of rotatable bonds is 0. The van der Waals surface area contributed by atoms with Crippen molar-refractivity contribution in [2.75, 3.05) is 0 Å². The predicted octanol–water partition coefficient (Wildman–Crippen LogP) is 2.30. The number of carbonyl (C=O) groups excluding carboxylic acids is 2. The van der Waals surface area contributed by atoms with Crippen molar-refractivity contribution < 1.29 is 23.7 Å². The van der Waals surface area contributed by atoms with E-state index in [0.717, 1.165) is 0 Å². The summed E-state index contributed by atoms with van der Waals surface area (Å²) in [6.45, 7) is -1.46. The Hall–Kier alpha value is 0.116. The molecule has 0 aliphatic rings. The Balaban J connectivity index is 0. The van der Waals surface area contributed by atoms with Gasteiger partial charge in [-0.2, -0.15) is 18.2 Å². The van der Waals surface area contributed by atoms with E-state index in [2.05, 4.69) is 0 Å². The van der Waals surface area contributed by atoms with Crippen LogP contribution in [0.25, 0.3) is 0 Å². The van der Waals surface area contributed by atoms with Crippen molar-refractivity contribution in [1.82, 2.24) is 0 Å². The van der Waals surface area contributed by atoms with Crippen molar-refractivity contribution in [3.63, 3.8) is 0 Å². The van der Waals surface area contributed by atoms with Crippen LogP contribution in [0.4, 0.5) is 0 Å². The van der Waals surface area contributed by atoms with Crippen molar-refractivity contribution >= 4 is 49.5 Å². The standard InChI is InChI=1S/C5H5.2CO.Cl3Si.Fe/c1-2-4-5-3-1;2*1-2;1-4(2)3;/h1-5H;;;;/q-1;;;;. The normalized spacial score (nSPS) is 7.14. The Morgan fingerprint density at radius 2 is 1.43 bits per heavy atom. The molecule has 1 aromatic carbocycles. The maximum atomic E-state index is 9.02. The van der Waals surface area contributed by atoms with Gasteiger partial charge in [0.05, 0.1) is 0 Å². The summed E-state index contributed by atoms with van der Waals surface area (Å²) < 4.78 is 0. The van der Waals surface area contributed by atoms with Gasteiger partial charge in [-0.05, 0) is 0 Å². The summed E-state index contributed by atoms with van der Waals surface area (Å²) in [5.41, 5.74) is 0. The smallest absolute Gasteiger partial charge is 0.172 e. The second-order valence-electron chi connectivity index (χ2n) is 1.41. The third kappa shape index (κ3) is 29.6. The Labute approximate surface area is 103 Å². The fourth-order valence-corrected chi connectivity index (χ4v) is 0.381. The zero-order chi connectivity index (χ0) is 11.2. The average Bonchev–Trinajstić information content (AvgIpc) is 2.61. The van der Waals surface area contributed by atoms with E-state index in [1.807, 2.05) is 30.3 Å². The molecule has 0 unspecified atom stereocenters. The molecular formula is C7H5Cl3FeO2Si-. The monoisotopic (exact) mass is 310 g/mol. The van der Waals surface area contributed by atoms with E-state index >= 15 is 0 Å². The van der Waals surface area contributed by atoms with E-state index < -0.39 is 6.73 Å². The van der Waals surface area contributed by atoms with Crippen molar-refractivity contribution in [1.29, 1.82) is 0 Å². The van der Waals surface area contributed by atoms with E-state index in [1.165, 1.54) is 9.57 Å². The van der Waals surface area contributed by atoms with Crippen LogP contribution in [0.5, 0.6) is 0 Å². The molecule has 0 atom stereocenters. The Kier molecular flexibility index (Phi) is 18.4. The summed E-state index contributed by atoms with van der Waals surface area (Å²) in [6, 6.07) is 10.0. The van der Waals surface area contributed by atoms with Gasteiger partial charge in [-0.15, -0.1) is 33.2 Å². The molecule has 1 aromatic rings. The van der Waals surface area contributed by atoms with Crippen LogP contribution in [0.3, 0.4) is 0 Å². The van der Waals surface area contributed by atoms with Gasteiger partial charge in [-0.1, -0.05) is 0 Å². The van der Waals surface area contributed by atoms with Gasteiger partial charge in [0.25, 0.3) is 0 Å². The first kappa shape index (κ1) is 16.5. The average molecular weight is 311 g/mol. The summed E-state index contributed by atoms with van der Waals surface area (Å²) in [6.07, 6.45) is 0. The van der Waals surface area contributed by atoms with Gasteiger partial charge in [-0.3, -0.25) is 0 Å². The summed E-state index contributed by atoms with van der Waals surface area (Å²) in [4.78, 5) is 20.7. The molecule has 79 valence electrons. The van der Waals surface area contributed by atoms with Crippen LogP contribution < -0.4 is 0 Å². The topological polar surface area (TPSA) is 34.1 Å². The van der Waals surface area contributed by atoms with E-state index in [0.29, 0.717) is 0 Å². The molecule has 0 aliphatic heterocycles. The van der Waals surface area contributed by atoms with Gasteiger partial charge in [0.15, 0.2) is 0 Å². The van der Waals surface area contributed by atoms with E-state index in [9.17, 15) is 0 Å². The Morgan fingerprint density at radius 3 is 1.50 bits per heavy atom. The molecule has 2 nitrogen and oxygen atoms in total. The molecule has 1 rings (SSSR count). The molecule has 0 heterocycles. The maximum Gasteiger partial charge on any atom is -0.172 e. The van der Waals surface area contributed by atoms with Crippen LogP contribution in [-0.2, 0) is 23.7 Å². The largest absolute Gasteiger partial charge is 0.214 e. The Morgan fingerprint density at radius 1 is 1.07 bits per heavy atom. The van der Waals surface area contributed by atoms with Crippen LogP contribution in [0.2, 0.25) is 0 Å². The molecule has 7 heteroatoms. The summed E-state index contributed by atoms with van der Waals surface area (Å²) in [5, 5.41) is 0. The molecule has 0 saturated heterocycles. The predicted molar refractivity (Wildman–Crippen MR) is 56.7 cm³/mol. The number of halogens is 3. The zero-order valence-corrected chi connectivity index (χ0v) is 11.1. The summed E-state index contributed by atoms with van der Waals surface area (Å²) >= 11 is 14.5. The first-order valence-corrected chi connectivity index (χ1v) is 8.64. The molecule has 0 fully saturated rings. The molecule has 0 N–H and O–H groups in total. The molecule has 0 aromatic heterocycles. The van der Waals surface area contributed by atoms with Crippen LogP contribution >= 0.6 is 33.2 Å². The van der Waals surface area contributed by atoms with Gasteiger partial charge in [0.1, 0.15) is 0 Å². The quantitative estimate of drug-likeness (QED) is 0.418. The molecule has 0 saturated carbocycles. The second-order valence-corrected chi connectivity index (χ2v) is 7.71. The molecule has 0 aliphatic carbocycles. The van der Waals surface area contributed by atoms with Crippen molar-refractivity contribution in [3.05, 3.63) is 30.3 Å². The van der Waals surface area contributed by atoms with Crippen LogP contribution in [0.15, 0.2) is 30.3 Å². The van der Waals surface area contributed by atoms with Gasteiger partial charge in [0.2, 0.25) is 0 Å². The maximum absolute atomic E-state index is 9.02. The van der Waals surface area contributed by atoms with Crippen molar-refractivity contribution in [3.8, 4) is 0 Å². The minimum absolute atomic E-state index is 0.222. The minimum atomic E-state index is -1.46. The Bertz CT molecular complexity index is 267. The van der Waals surface area contributed by atoms with E-state index in [4.69, 9.17) is 42.8 Å². The van der Waals surface area contributed by atoms with Crippen molar-refractivity contribution in [2.24, 2.45) is 0 Å². The number of hydrogen-bond acceptors (Lipinski definition) is 2. The second kappa shape index (κ2) is 15.6. The molecule has 14 heavy (non-hydrogen) atoms. The summed E-state index contributed by atoms with van der Waals surface area (Å²) in [5.74, 6) is 0. The molecule has 0 spiro atoms. The van der Waals surface area contributed by atoms with Crippen LogP contribution in [0.1, 0.15) is 0 Å². The van der Waals surface area contributed by atoms with E-state index in [1.54, 1.807) is 0 Å². The van der Waals surface area contributed by atoms with Gasteiger partial charge < -0.3 is 0 Å². The summed E-state index contributed by atoms with van der Waals surface area (Å²) in [7, 11) is 0. The molecule has 1 radical (unpaired) electrons. The molecular weight excluding hydrogens is 306 g/mol. The third-order valence-corrected chi connectivity index (χ3v) is 0.853. The SMILES string of the molecule is Cl[Si](Cl)Cl.O=[C]=[Fe]=[C]=O.c1cc[cH-]c1. The minimum Gasteiger partial charge on any atom is -0.214 e. The van der Waals surface area contributed by atoms with Gasteiger partial charge >= 0.3 is 40.0 Å². The van der Waals surface area contributed by atoms with Crippen LogP contribution in [0, 0.1) is 0 Å². The van der Waals surface area contributed by atoms with E-state index in [-0.39, 0.29) is 14.1 Å². The zero-order valence-electron chi connectivity index (χ0n) is 6.69. The first-order chi connectivity index (χ1) is 6.65. The fraction of sp³-hybridized carbons (Fsp3) is 0. The first-order valence-electron chi connectivity index (χ1n) is 3.00. The number of hydrogen-bond donors (Lipinski definition) is 0. The molecule has 0 bridgehead atoms. The van der Waals surface area contributed by atoms with Gasteiger partial charge in [0, 0.05) is 0 Å². The van der Waals surface area contributed by atoms with Crippen molar-refractivity contribution in [2.45, 2.75) is 0 Å². The third-order valence-electron chi connectivity index (χ3n) is 0.628. The fourth-order valence-electron chi connectivity index (χ4n) is 0.335. The molecule has 0 amide bonds.